The van der Waals surface area contributed by atoms with Crippen LogP contribution in [0.4, 0.5) is 0 Å². The topological polar surface area (TPSA) is 52.6 Å². The third-order valence-electron chi connectivity index (χ3n) is 17.2. The molecular weight excluding hydrogens is 577 g/mol. The van der Waals surface area contributed by atoms with Gasteiger partial charge in [-0.15, -0.1) is 0 Å². The van der Waals surface area contributed by atoms with Gasteiger partial charge in [0.25, 0.3) is 0 Å². The number of fused-ring (bicyclic) bond motifs is 10. The van der Waals surface area contributed by atoms with Gasteiger partial charge in [0.15, 0.2) is 0 Å². The van der Waals surface area contributed by atoms with Crippen LogP contribution in [0, 0.1) is 81.8 Å². The predicted molar refractivity (Wildman–Crippen MR) is 180 cm³/mol. The predicted octanol–water partition coefficient (Wildman–Crippen LogP) is 10.4. The Morgan fingerprint density at radius 2 is 0.756 bits per heavy atom. The van der Waals surface area contributed by atoms with Crippen LogP contribution >= 0.6 is 0 Å². The van der Waals surface area contributed by atoms with E-state index in [1.165, 1.54) is 103 Å². The average Bonchev–Trinajstić information content (AvgIpc) is 3.03. The van der Waals surface area contributed by atoms with Crippen LogP contribution in [0.15, 0.2) is 0 Å². The van der Waals surface area contributed by atoms with Crippen molar-refractivity contribution in [3.63, 3.8) is 0 Å². The summed E-state index contributed by atoms with van der Waals surface area (Å²) in [5.74, 6) is 10.1. The molecule has 14 atom stereocenters. The highest BCUT2D eigenvalue weighted by molar-refractivity contribution is 7.81. The average molecular weight is 643 g/mol. The van der Waals surface area contributed by atoms with Crippen molar-refractivity contribution < 1.29 is 16.8 Å². The number of hydrogen-bond acceptors (Lipinski definition) is 4. The maximum atomic E-state index is 13.8. The zero-order chi connectivity index (χ0) is 31.1. The molecule has 0 aliphatic heterocycles. The number of hydrogen-bond donors (Lipinski definition) is 0. The second-order valence-electron chi connectivity index (χ2n) is 19.3. The summed E-state index contributed by atoms with van der Waals surface area (Å²) in [5, 5.41) is 0. The summed E-state index contributed by atoms with van der Waals surface area (Å²) in [6, 6.07) is 0. The second-order valence-corrected chi connectivity index (χ2v) is 20.5. The zero-order valence-electron chi connectivity index (χ0n) is 29.3. The summed E-state index contributed by atoms with van der Waals surface area (Å²) < 4.78 is 40.0. The molecule has 0 heterocycles. The molecule has 14 unspecified atom stereocenters. The summed E-state index contributed by atoms with van der Waals surface area (Å²) >= 11 is 0. The third kappa shape index (κ3) is 5.54. The van der Waals surface area contributed by atoms with Crippen LogP contribution < -0.4 is 0 Å². The van der Waals surface area contributed by atoms with Gasteiger partial charge >= 0.3 is 10.4 Å². The van der Waals surface area contributed by atoms with Crippen molar-refractivity contribution in [2.75, 3.05) is 0 Å². The molecule has 0 saturated heterocycles. The Labute approximate surface area is 276 Å². The van der Waals surface area contributed by atoms with Crippen molar-refractivity contribution in [1.29, 1.82) is 0 Å². The van der Waals surface area contributed by atoms with E-state index in [0.717, 1.165) is 84.9 Å². The van der Waals surface area contributed by atoms with Crippen LogP contribution in [-0.4, -0.2) is 20.6 Å². The number of rotatable bonds is 4. The van der Waals surface area contributed by atoms with Gasteiger partial charge < -0.3 is 0 Å². The van der Waals surface area contributed by atoms with E-state index in [1.807, 2.05) is 0 Å². The summed E-state index contributed by atoms with van der Waals surface area (Å²) in [6.07, 6.45) is 26.1. The lowest BCUT2D eigenvalue weighted by atomic mass is 9.47. The normalized spacial score (nSPS) is 50.5. The summed E-state index contributed by atoms with van der Waals surface area (Å²) in [5.41, 5.74) is -0.283. The van der Waals surface area contributed by atoms with Crippen molar-refractivity contribution in [3.05, 3.63) is 0 Å². The highest BCUT2D eigenvalue weighted by Gasteiger charge is 2.57. The first-order valence-electron chi connectivity index (χ1n) is 20.2. The molecule has 45 heavy (non-hydrogen) atoms. The molecule has 8 aliphatic carbocycles. The quantitative estimate of drug-likeness (QED) is 0.306. The van der Waals surface area contributed by atoms with Gasteiger partial charge in [-0.2, -0.15) is 8.42 Å². The monoisotopic (exact) mass is 642 g/mol. The lowest BCUT2D eigenvalue weighted by molar-refractivity contribution is -0.130. The summed E-state index contributed by atoms with van der Waals surface area (Å²) in [4.78, 5) is 0. The fourth-order valence-corrected chi connectivity index (χ4v) is 16.4. The van der Waals surface area contributed by atoms with Crippen LogP contribution in [0.25, 0.3) is 0 Å². The minimum atomic E-state index is -4.08. The Bertz CT molecular complexity index is 1090. The van der Waals surface area contributed by atoms with Gasteiger partial charge in [-0.25, -0.2) is 8.37 Å². The SMILES string of the molecule is CC1(C)C(OS(=O)(=O)OC2CCC3C4CCC5CCCCC5C4CCC3C2(C)C)CCC2C3CCC4CCCCC4C3CCC21. The highest BCUT2D eigenvalue weighted by atomic mass is 32.3. The molecule has 0 aromatic heterocycles. The molecule has 0 aromatic rings. The summed E-state index contributed by atoms with van der Waals surface area (Å²) in [7, 11) is -4.08. The molecule has 0 aromatic carbocycles. The molecule has 8 aliphatic rings. The Balaban J connectivity index is 0.916. The van der Waals surface area contributed by atoms with Gasteiger partial charge in [0.05, 0.1) is 12.2 Å². The van der Waals surface area contributed by atoms with Gasteiger partial charge in [0, 0.05) is 0 Å². The van der Waals surface area contributed by atoms with E-state index in [0.29, 0.717) is 11.8 Å². The molecule has 5 heteroatoms. The van der Waals surface area contributed by atoms with E-state index in [2.05, 4.69) is 27.7 Å². The van der Waals surface area contributed by atoms with Gasteiger partial charge in [-0.1, -0.05) is 66.2 Å². The highest BCUT2D eigenvalue weighted by Crippen LogP contribution is 2.63. The summed E-state index contributed by atoms with van der Waals surface area (Å²) in [6.45, 7) is 9.30. The van der Waals surface area contributed by atoms with E-state index in [9.17, 15) is 8.42 Å². The molecule has 256 valence electrons. The van der Waals surface area contributed by atoms with Crippen molar-refractivity contribution in [3.8, 4) is 0 Å². The zero-order valence-corrected chi connectivity index (χ0v) is 30.1. The maximum Gasteiger partial charge on any atom is 0.400 e. The Morgan fingerprint density at radius 1 is 0.400 bits per heavy atom. The molecule has 0 amide bonds. The third-order valence-corrected chi connectivity index (χ3v) is 18.1. The molecule has 8 saturated carbocycles. The van der Waals surface area contributed by atoms with Crippen molar-refractivity contribution in [1.82, 2.24) is 0 Å². The Kier molecular flexibility index (Phi) is 8.58. The van der Waals surface area contributed by atoms with Crippen molar-refractivity contribution in [2.24, 2.45) is 81.8 Å². The standard InChI is InChI=1S/C40H66O4S/c1-39(2)35-21-17-29-27-11-7-5-9-25(27)13-15-31(29)33(35)19-23-37(39)43-45(41,42)44-38-24-20-34-32-16-14-26-10-6-8-12-28(26)30(32)18-22-36(34)40(38,3)4/h25-38H,5-24H2,1-4H3. The van der Waals surface area contributed by atoms with E-state index in [4.69, 9.17) is 8.37 Å². The molecule has 0 bridgehead atoms. The fraction of sp³-hybridized carbons (Fsp3) is 1.00. The maximum absolute atomic E-state index is 13.8. The first-order valence-corrected chi connectivity index (χ1v) is 21.5. The van der Waals surface area contributed by atoms with Gasteiger partial charge in [0.1, 0.15) is 0 Å². The Hall–Kier alpha value is -0.130. The molecule has 4 nitrogen and oxygen atoms in total. The van der Waals surface area contributed by atoms with E-state index in [-0.39, 0.29) is 23.0 Å². The van der Waals surface area contributed by atoms with Gasteiger partial charge in [-0.05, 0) is 172 Å². The molecule has 0 radical (unpaired) electrons. The Morgan fingerprint density at radius 3 is 1.20 bits per heavy atom. The largest absolute Gasteiger partial charge is 0.400 e. The smallest absolute Gasteiger partial charge is 0.244 e. The van der Waals surface area contributed by atoms with E-state index in [1.54, 1.807) is 0 Å². The van der Waals surface area contributed by atoms with Crippen LogP contribution in [0.1, 0.15) is 156 Å². The first-order chi connectivity index (χ1) is 21.5. The molecule has 0 N–H and O–H groups in total. The molecule has 0 spiro atoms. The van der Waals surface area contributed by atoms with Gasteiger partial charge in [0.2, 0.25) is 0 Å². The van der Waals surface area contributed by atoms with E-state index < -0.39 is 10.4 Å². The van der Waals surface area contributed by atoms with Gasteiger partial charge in [-0.3, -0.25) is 0 Å². The first kappa shape index (κ1) is 32.1. The van der Waals surface area contributed by atoms with Crippen LogP contribution in [0.3, 0.4) is 0 Å². The van der Waals surface area contributed by atoms with Crippen molar-refractivity contribution in [2.45, 2.75) is 168 Å². The van der Waals surface area contributed by atoms with E-state index >= 15 is 0 Å². The second kappa shape index (κ2) is 12.0. The van der Waals surface area contributed by atoms with Crippen molar-refractivity contribution >= 4 is 10.4 Å². The van der Waals surface area contributed by atoms with Crippen LogP contribution in [0.5, 0.6) is 0 Å². The molecule has 8 fully saturated rings. The molecular formula is C40H66O4S. The van der Waals surface area contributed by atoms with Crippen LogP contribution in [-0.2, 0) is 18.8 Å². The lowest BCUT2D eigenvalue weighted by Crippen LogP contribution is -2.55. The van der Waals surface area contributed by atoms with Crippen LogP contribution in [0.2, 0.25) is 0 Å². The minimum absolute atomic E-state index is 0.142. The minimum Gasteiger partial charge on any atom is -0.244 e. The molecule has 8 rings (SSSR count). The fourth-order valence-electron chi connectivity index (χ4n) is 15.1. The lowest BCUT2D eigenvalue weighted by Gasteiger charge is -2.59.